The number of aromatic amines is 1. The van der Waals surface area contributed by atoms with E-state index in [1.54, 1.807) is 23.1 Å². The van der Waals surface area contributed by atoms with Crippen LogP contribution in [0.3, 0.4) is 0 Å². The first-order chi connectivity index (χ1) is 20.4. The molecule has 0 spiro atoms. The van der Waals surface area contributed by atoms with Crippen LogP contribution in [0.2, 0.25) is 0 Å². The fourth-order valence-corrected chi connectivity index (χ4v) is 5.41. The number of piperidine rings is 1. The number of fused-ring (bicyclic) bond motifs is 6. The summed E-state index contributed by atoms with van der Waals surface area (Å²) in [6.45, 7) is 1.00. The number of hydrogen-bond donors (Lipinski definition) is 3. The molecule has 3 amide bonds. The highest BCUT2D eigenvalue weighted by molar-refractivity contribution is 5.95. The van der Waals surface area contributed by atoms with Crippen LogP contribution in [0, 0.1) is 5.82 Å². The van der Waals surface area contributed by atoms with Crippen LogP contribution in [0.15, 0.2) is 36.4 Å². The number of carbonyl (C=O) groups excluding carboxylic acids is 3. The third-order valence-corrected chi connectivity index (χ3v) is 7.54. The average molecular weight is 580 g/mol. The van der Waals surface area contributed by atoms with Gasteiger partial charge < -0.3 is 34.5 Å². The minimum Gasteiger partial charge on any atom is -0.493 e. The Labute approximate surface area is 240 Å². The number of halogens is 1. The monoisotopic (exact) mass is 579 g/mol. The minimum absolute atomic E-state index is 0.0555. The van der Waals surface area contributed by atoms with E-state index in [9.17, 15) is 18.8 Å². The Hall–Kier alpha value is -4.65. The van der Waals surface area contributed by atoms with Crippen molar-refractivity contribution in [1.82, 2.24) is 25.7 Å². The molecule has 3 aliphatic heterocycles. The second kappa shape index (κ2) is 11.7. The summed E-state index contributed by atoms with van der Waals surface area (Å²) in [7, 11) is 1.45. The molecule has 3 N–H and O–H groups in total. The SMILES string of the molecule is COc1ccc2cc1OCC(=O)N[C@@H]1CN(C(=O)c3n[nH]c4c3COCC4)CC[C@@H]1Oc1cc(F)cc(c1)CNC2=O. The first-order valence-corrected chi connectivity index (χ1v) is 13.7. The molecule has 2 atom stereocenters. The van der Waals surface area contributed by atoms with Gasteiger partial charge in [-0.3, -0.25) is 19.5 Å². The number of carbonyl (C=O) groups is 3. The topological polar surface area (TPSA) is 144 Å². The van der Waals surface area contributed by atoms with Gasteiger partial charge in [-0.15, -0.1) is 0 Å². The molecule has 12 nitrogen and oxygen atoms in total. The largest absolute Gasteiger partial charge is 0.493 e. The number of aromatic nitrogens is 2. The van der Waals surface area contributed by atoms with Gasteiger partial charge in [-0.25, -0.2) is 4.39 Å². The number of likely N-dealkylation sites (tertiary alicyclic amines) is 1. The van der Waals surface area contributed by atoms with Crippen molar-refractivity contribution in [2.75, 3.05) is 33.4 Å². The normalized spacial score (nSPS) is 20.7. The number of rotatable bonds is 2. The van der Waals surface area contributed by atoms with Crippen molar-refractivity contribution in [3.63, 3.8) is 0 Å². The molecule has 4 bridgehead atoms. The number of benzene rings is 2. The summed E-state index contributed by atoms with van der Waals surface area (Å²) in [5, 5.41) is 12.9. The van der Waals surface area contributed by atoms with Gasteiger partial charge in [-0.2, -0.15) is 5.10 Å². The Morgan fingerprint density at radius 1 is 1.17 bits per heavy atom. The summed E-state index contributed by atoms with van der Waals surface area (Å²) in [6.07, 6.45) is 0.431. The predicted octanol–water partition coefficient (Wildman–Crippen LogP) is 1.73. The molecule has 3 aromatic rings. The Morgan fingerprint density at radius 2 is 2.05 bits per heavy atom. The van der Waals surface area contributed by atoms with E-state index in [1.807, 2.05) is 0 Å². The molecule has 0 saturated carbocycles. The lowest BCUT2D eigenvalue weighted by Crippen LogP contribution is -2.58. The van der Waals surface area contributed by atoms with Crippen LogP contribution in [0.1, 0.15) is 44.1 Å². The van der Waals surface area contributed by atoms with Crippen molar-refractivity contribution >= 4 is 17.7 Å². The number of hydrogen-bond acceptors (Lipinski definition) is 8. The van der Waals surface area contributed by atoms with Gasteiger partial charge in [-0.05, 0) is 35.9 Å². The van der Waals surface area contributed by atoms with E-state index in [-0.39, 0.29) is 42.7 Å². The van der Waals surface area contributed by atoms with Gasteiger partial charge >= 0.3 is 0 Å². The third-order valence-electron chi connectivity index (χ3n) is 7.54. The summed E-state index contributed by atoms with van der Waals surface area (Å²) in [4.78, 5) is 41.0. The van der Waals surface area contributed by atoms with E-state index in [4.69, 9.17) is 18.9 Å². The zero-order valence-electron chi connectivity index (χ0n) is 22.9. The molecule has 6 rings (SSSR count). The Balaban J connectivity index is 1.28. The summed E-state index contributed by atoms with van der Waals surface area (Å²) in [5.41, 5.74) is 2.70. The van der Waals surface area contributed by atoms with Gasteiger partial charge in [0.1, 0.15) is 17.7 Å². The third kappa shape index (κ3) is 5.73. The zero-order valence-corrected chi connectivity index (χ0v) is 22.9. The van der Waals surface area contributed by atoms with Crippen molar-refractivity contribution in [3.05, 3.63) is 70.3 Å². The molecule has 3 aliphatic rings. The Kier molecular flexibility index (Phi) is 7.66. The molecule has 1 saturated heterocycles. The molecule has 220 valence electrons. The lowest BCUT2D eigenvalue weighted by atomic mass is 10.00. The molecule has 42 heavy (non-hydrogen) atoms. The number of ether oxygens (including phenoxy) is 4. The quantitative estimate of drug-likeness (QED) is 0.417. The van der Waals surface area contributed by atoms with Gasteiger partial charge in [0.2, 0.25) is 0 Å². The number of nitrogens with one attached hydrogen (secondary N) is 3. The Bertz CT molecular complexity index is 1530. The summed E-state index contributed by atoms with van der Waals surface area (Å²) in [5.74, 6) is -0.894. The number of nitrogens with zero attached hydrogens (tertiary/aromatic N) is 2. The van der Waals surface area contributed by atoms with Crippen LogP contribution < -0.4 is 24.8 Å². The fraction of sp³-hybridized carbons (Fsp3) is 0.379. The molecular formula is C29H30FN5O7. The van der Waals surface area contributed by atoms with Crippen molar-refractivity contribution in [3.8, 4) is 17.2 Å². The van der Waals surface area contributed by atoms with E-state index in [0.29, 0.717) is 49.6 Å². The maximum atomic E-state index is 14.6. The fourth-order valence-electron chi connectivity index (χ4n) is 5.41. The zero-order chi connectivity index (χ0) is 29.2. The molecule has 1 fully saturated rings. The summed E-state index contributed by atoms with van der Waals surface area (Å²) < 4.78 is 37.4. The second-order valence-corrected chi connectivity index (χ2v) is 10.3. The molecule has 4 heterocycles. The van der Waals surface area contributed by atoms with E-state index in [0.717, 1.165) is 11.3 Å². The second-order valence-electron chi connectivity index (χ2n) is 10.3. The highest BCUT2D eigenvalue weighted by Gasteiger charge is 2.36. The first kappa shape index (κ1) is 27.5. The first-order valence-electron chi connectivity index (χ1n) is 13.7. The van der Waals surface area contributed by atoms with Gasteiger partial charge in [0.25, 0.3) is 17.7 Å². The van der Waals surface area contributed by atoms with Crippen molar-refractivity contribution in [2.24, 2.45) is 0 Å². The summed E-state index contributed by atoms with van der Waals surface area (Å²) >= 11 is 0. The molecule has 0 radical (unpaired) electrons. The van der Waals surface area contributed by atoms with Crippen LogP contribution in [-0.4, -0.2) is 78.4 Å². The van der Waals surface area contributed by atoms with Crippen LogP contribution in [-0.2, 0) is 29.1 Å². The maximum absolute atomic E-state index is 14.6. The number of amides is 3. The highest BCUT2D eigenvalue weighted by atomic mass is 19.1. The van der Waals surface area contributed by atoms with Gasteiger partial charge in [0.15, 0.2) is 23.8 Å². The van der Waals surface area contributed by atoms with E-state index in [1.165, 1.54) is 25.3 Å². The standard InChI is InChI=1S/C29H30FN5O7/c1-39-24-3-2-17-10-25(24)41-15-26(36)32-22-13-35(29(38)27-20-14-40-7-5-21(20)33-34-27)6-4-23(22)42-19-9-16(8-18(30)11-19)12-31-28(17)37/h2-3,8-11,22-23H,4-7,12-15H2,1H3,(H,31,37)(H,32,36)(H,33,34)/t22-,23+/m1/s1. The molecule has 0 aliphatic carbocycles. The lowest BCUT2D eigenvalue weighted by molar-refractivity contribution is -0.125. The van der Waals surface area contributed by atoms with Crippen molar-refractivity contribution in [1.29, 1.82) is 0 Å². The van der Waals surface area contributed by atoms with Crippen LogP contribution in [0.5, 0.6) is 17.2 Å². The van der Waals surface area contributed by atoms with E-state index < -0.39 is 29.8 Å². The van der Waals surface area contributed by atoms with E-state index >= 15 is 0 Å². The molecule has 0 unspecified atom stereocenters. The van der Waals surface area contributed by atoms with Gasteiger partial charge in [0, 0.05) is 55.4 Å². The minimum atomic E-state index is -0.641. The van der Waals surface area contributed by atoms with Crippen LogP contribution >= 0.6 is 0 Å². The highest BCUT2D eigenvalue weighted by Crippen LogP contribution is 2.29. The molecular weight excluding hydrogens is 549 g/mol. The lowest BCUT2D eigenvalue weighted by Gasteiger charge is -2.38. The maximum Gasteiger partial charge on any atom is 0.274 e. The van der Waals surface area contributed by atoms with Gasteiger partial charge in [0.05, 0.1) is 26.4 Å². The van der Waals surface area contributed by atoms with Crippen LogP contribution in [0.4, 0.5) is 4.39 Å². The van der Waals surface area contributed by atoms with Crippen LogP contribution in [0.25, 0.3) is 0 Å². The molecule has 13 heteroatoms. The number of H-pyrrole nitrogens is 1. The van der Waals surface area contributed by atoms with Crippen molar-refractivity contribution in [2.45, 2.75) is 38.1 Å². The smallest absolute Gasteiger partial charge is 0.274 e. The van der Waals surface area contributed by atoms with Gasteiger partial charge in [-0.1, -0.05) is 0 Å². The van der Waals surface area contributed by atoms with E-state index in [2.05, 4.69) is 20.8 Å². The predicted molar refractivity (Wildman–Crippen MR) is 145 cm³/mol. The summed E-state index contributed by atoms with van der Waals surface area (Å²) in [6, 6.07) is 8.17. The molecule has 2 aromatic carbocycles. The average Bonchev–Trinajstić information content (AvgIpc) is 3.43. The molecule has 1 aromatic heterocycles. The van der Waals surface area contributed by atoms with Crippen molar-refractivity contribution < 1.29 is 37.7 Å². The number of methoxy groups -OCH3 is 1. The Morgan fingerprint density at radius 3 is 2.90 bits per heavy atom.